The number of pyridine rings is 1. The smallest absolute Gasteiger partial charge is 0.244 e. The number of nitrogens with zero attached hydrogens (tertiary/aromatic N) is 1. The van der Waals surface area contributed by atoms with Crippen molar-refractivity contribution in [3.8, 4) is 22.9 Å². The van der Waals surface area contributed by atoms with Crippen LogP contribution in [0, 0.1) is 11.6 Å². The van der Waals surface area contributed by atoms with Gasteiger partial charge in [0.1, 0.15) is 12.4 Å². The minimum absolute atomic E-state index is 0.0943. The number of rotatable bonds is 7. The van der Waals surface area contributed by atoms with Gasteiger partial charge in [-0.05, 0) is 32.0 Å². The quantitative estimate of drug-likeness (QED) is 0.581. The fourth-order valence-electron chi connectivity index (χ4n) is 2.08. The summed E-state index contributed by atoms with van der Waals surface area (Å²) < 4.78 is 38.7. The van der Waals surface area contributed by atoms with Crippen LogP contribution in [0.1, 0.15) is 13.8 Å². The van der Waals surface area contributed by atoms with E-state index in [1.54, 1.807) is 18.2 Å². The van der Waals surface area contributed by atoms with Crippen LogP contribution in [0.15, 0.2) is 42.2 Å². The molecule has 26 heavy (non-hydrogen) atoms. The Morgan fingerprint density at radius 2 is 1.96 bits per heavy atom. The van der Waals surface area contributed by atoms with Crippen LogP contribution in [0.25, 0.3) is 11.3 Å². The molecule has 8 heteroatoms. The van der Waals surface area contributed by atoms with Crippen molar-refractivity contribution in [2.45, 2.75) is 20.0 Å². The predicted octanol–water partition coefficient (Wildman–Crippen LogP) is 3.12. The molecule has 6 nitrogen and oxygen atoms in total. The van der Waals surface area contributed by atoms with Crippen molar-refractivity contribution in [1.29, 1.82) is 0 Å². The van der Waals surface area contributed by atoms with Crippen molar-refractivity contribution in [3.63, 3.8) is 0 Å². The van der Waals surface area contributed by atoms with Gasteiger partial charge in [-0.15, -0.1) is 0 Å². The molecular weight excluding hydrogens is 346 g/mol. The molecular formula is C18H18F2N2O4. The van der Waals surface area contributed by atoms with Gasteiger partial charge < -0.3 is 20.3 Å². The number of halogens is 2. The molecule has 0 saturated carbocycles. The Kier molecular flexibility index (Phi) is 6.11. The van der Waals surface area contributed by atoms with E-state index in [-0.39, 0.29) is 11.7 Å². The standard InChI is InChI=1S/C18H18F2N2O4/c1-10(2)26-17-5-3-4-15(22-17)11-6-13(19)18(14(20)7-11)25-9-12(23)8-16(21)24/h3-8,10,23H,9H2,1-2H3,(H2,21,24)/b12-8-. The lowest BCUT2D eigenvalue weighted by Crippen LogP contribution is -2.11. The van der Waals surface area contributed by atoms with Crippen molar-refractivity contribution >= 4 is 5.91 Å². The molecule has 2 rings (SSSR count). The molecule has 0 fully saturated rings. The molecule has 1 aromatic heterocycles. The van der Waals surface area contributed by atoms with Gasteiger partial charge in [-0.25, -0.2) is 13.8 Å². The van der Waals surface area contributed by atoms with E-state index < -0.39 is 35.7 Å². The van der Waals surface area contributed by atoms with Gasteiger partial charge in [0, 0.05) is 17.7 Å². The highest BCUT2D eigenvalue weighted by atomic mass is 19.1. The van der Waals surface area contributed by atoms with Crippen LogP contribution in [0.3, 0.4) is 0 Å². The second kappa shape index (κ2) is 8.28. The average Bonchev–Trinajstić information content (AvgIpc) is 2.52. The van der Waals surface area contributed by atoms with E-state index in [2.05, 4.69) is 4.98 Å². The Labute approximate surface area is 148 Å². The van der Waals surface area contributed by atoms with Crippen LogP contribution in [0.4, 0.5) is 8.78 Å². The summed E-state index contributed by atoms with van der Waals surface area (Å²) in [5.74, 6) is -3.78. The fourth-order valence-corrected chi connectivity index (χ4v) is 2.08. The molecule has 2 aromatic rings. The Balaban J connectivity index is 2.25. The maximum Gasteiger partial charge on any atom is 0.244 e. The fraction of sp³-hybridized carbons (Fsp3) is 0.222. The zero-order valence-electron chi connectivity index (χ0n) is 14.2. The first kappa shape index (κ1) is 19.2. The molecule has 0 aliphatic heterocycles. The minimum Gasteiger partial charge on any atom is -0.508 e. The normalized spacial score (nSPS) is 11.5. The van der Waals surface area contributed by atoms with Gasteiger partial charge in [0.15, 0.2) is 17.4 Å². The number of aromatic nitrogens is 1. The maximum absolute atomic E-state index is 14.2. The van der Waals surface area contributed by atoms with E-state index in [0.717, 1.165) is 12.1 Å². The number of nitrogens with two attached hydrogens (primary N) is 1. The first-order valence-corrected chi connectivity index (χ1v) is 7.71. The number of aliphatic hydroxyl groups is 1. The van der Waals surface area contributed by atoms with Crippen molar-refractivity contribution in [2.24, 2.45) is 5.73 Å². The summed E-state index contributed by atoms with van der Waals surface area (Å²) >= 11 is 0. The Bertz CT molecular complexity index is 815. The number of aliphatic hydroxyl groups excluding tert-OH is 1. The van der Waals surface area contributed by atoms with Crippen molar-refractivity contribution < 1.29 is 28.2 Å². The summed E-state index contributed by atoms with van der Waals surface area (Å²) in [5, 5.41) is 9.36. The minimum atomic E-state index is -0.983. The first-order chi connectivity index (χ1) is 12.3. The topological polar surface area (TPSA) is 94.7 Å². The zero-order chi connectivity index (χ0) is 19.3. The van der Waals surface area contributed by atoms with Gasteiger partial charge in [-0.1, -0.05) is 6.07 Å². The lowest BCUT2D eigenvalue weighted by atomic mass is 10.1. The molecule has 1 aromatic carbocycles. The van der Waals surface area contributed by atoms with E-state index in [0.29, 0.717) is 17.6 Å². The molecule has 0 radical (unpaired) electrons. The van der Waals surface area contributed by atoms with Crippen LogP contribution in [0.2, 0.25) is 0 Å². The van der Waals surface area contributed by atoms with Gasteiger partial charge >= 0.3 is 0 Å². The van der Waals surface area contributed by atoms with Gasteiger partial charge in [0.25, 0.3) is 0 Å². The summed E-state index contributed by atoms with van der Waals surface area (Å²) in [4.78, 5) is 14.8. The van der Waals surface area contributed by atoms with E-state index in [1.807, 2.05) is 13.8 Å². The monoisotopic (exact) mass is 364 g/mol. The van der Waals surface area contributed by atoms with Crippen molar-refractivity contribution in [3.05, 3.63) is 53.8 Å². The van der Waals surface area contributed by atoms with Gasteiger partial charge in [0.05, 0.1) is 11.8 Å². The molecule has 1 heterocycles. The highest BCUT2D eigenvalue weighted by molar-refractivity contribution is 5.86. The number of ether oxygens (including phenoxy) is 2. The molecule has 0 saturated heterocycles. The highest BCUT2D eigenvalue weighted by Gasteiger charge is 2.15. The van der Waals surface area contributed by atoms with Gasteiger partial charge in [0.2, 0.25) is 11.8 Å². The third-order valence-corrected chi connectivity index (χ3v) is 3.05. The van der Waals surface area contributed by atoms with Gasteiger partial charge in [-0.2, -0.15) is 0 Å². The SMILES string of the molecule is CC(C)Oc1cccc(-c2cc(F)c(OC/C(O)=C/C(N)=O)c(F)c2)n1. The van der Waals surface area contributed by atoms with Crippen molar-refractivity contribution in [1.82, 2.24) is 4.98 Å². The highest BCUT2D eigenvalue weighted by Crippen LogP contribution is 2.29. The van der Waals surface area contributed by atoms with Crippen molar-refractivity contribution in [2.75, 3.05) is 6.61 Å². The number of carbonyl (C=O) groups is 1. The number of hydrogen-bond donors (Lipinski definition) is 2. The molecule has 0 atom stereocenters. The number of benzene rings is 1. The molecule has 0 bridgehead atoms. The summed E-state index contributed by atoms with van der Waals surface area (Å²) in [5.41, 5.74) is 5.37. The van der Waals surface area contributed by atoms with Gasteiger partial charge in [-0.3, -0.25) is 4.79 Å². The molecule has 0 aliphatic rings. The van der Waals surface area contributed by atoms with Crippen LogP contribution >= 0.6 is 0 Å². The largest absolute Gasteiger partial charge is 0.508 e. The van der Waals surface area contributed by atoms with Crippen LogP contribution < -0.4 is 15.2 Å². The second-order valence-corrected chi connectivity index (χ2v) is 5.62. The maximum atomic E-state index is 14.2. The van der Waals surface area contributed by atoms with E-state index in [4.69, 9.17) is 15.2 Å². The summed E-state index contributed by atoms with van der Waals surface area (Å²) in [6.07, 6.45) is 0.594. The van der Waals surface area contributed by atoms with E-state index in [1.165, 1.54) is 0 Å². The lowest BCUT2D eigenvalue weighted by molar-refractivity contribution is -0.113. The summed E-state index contributed by atoms with van der Waals surface area (Å²) in [6.45, 7) is 3.07. The number of primary amides is 1. The Hall–Kier alpha value is -3.16. The first-order valence-electron chi connectivity index (χ1n) is 7.71. The Morgan fingerprint density at radius 3 is 2.54 bits per heavy atom. The van der Waals surface area contributed by atoms with Crippen LogP contribution in [0.5, 0.6) is 11.6 Å². The number of carbonyl (C=O) groups excluding carboxylic acids is 1. The second-order valence-electron chi connectivity index (χ2n) is 5.62. The average molecular weight is 364 g/mol. The number of hydrogen-bond acceptors (Lipinski definition) is 5. The molecule has 1 amide bonds. The summed E-state index contributed by atoms with van der Waals surface area (Å²) in [6, 6.07) is 6.99. The summed E-state index contributed by atoms with van der Waals surface area (Å²) in [7, 11) is 0. The van der Waals surface area contributed by atoms with E-state index in [9.17, 15) is 18.7 Å². The predicted molar refractivity (Wildman–Crippen MR) is 90.8 cm³/mol. The van der Waals surface area contributed by atoms with Crippen LogP contribution in [-0.2, 0) is 4.79 Å². The lowest BCUT2D eigenvalue weighted by Gasteiger charge is -2.12. The third-order valence-electron chi connectivity index (χ3n) is 3.05. The molecule has 3 N–H and O–H groups in total. The third kappa shape index (κ3) is 5.17. The molecule has 0 spiro atoms. The zero-order valence-corrected chi connectivity index (χ0v) is 14.2. The number of amides is 1. The van der Waals surface area contributed by atoms with E-state index >= 15 is 0 Å². The molecule has 0 aliphatic carbocycles. The molecule has 138 valence electrons. The van der Waals surface area contributed by atoms with Crippen LogP contribution in [-0.4, -0.2) is 28.7 Å². The molecule has 0 unspecified atom stereocenters. The Morgan fingerprint density at radius 1 is 1.31 bits per heavy atom.